The SMILES string of the molecule is CC(C)[C@@H](C(=O)C[C@@H](CCC(=O)O)C(=O)O)N(C)Cc1ccc(C(=O)Oc2ccc(C(=N)N)cc2F)s1.O=C(O)C(F)(F)F.O=C(O)C(F)(F)F. The molecular weight excluding hydrogens is 731 g/mol. The summed E-state index contributed by atoms with van der Waals surface area (Å²) in [6.07, 6.45) is -10.9. The minimum Gasteiger partial charge on any atom is -0.481 e. The number of hydrogen-bond donors (Lipinski definition) is 6. The molecule has 284 valence electrons. The maximum Gasteiger partial charge on any atom is 0.490 e. The number of nitrogens with one attached hydrogen (secondary N) is 1. The number of esters is 1. The van der Waals surface area contributed by atoms with Crippen molar-refractivity contribution in [3.05, 3.63) is 51.5 Å². The number of ether oxygens (including phenoxy) is 1. The molecule has 0 bridgehead atoms. The van der Waals surface area contributed by atoms with Gasteiger partial charge in [0, 0.05) is 29.8 Å². The van der Waals surface area contributed by atoms with Crippen molar-refractivity contribution in [2.75, 3.05) is 7.05 Å². The van der Waals surface area contributed by atoms with Crippen LogP contribution in [0, 0.1) is 23.1 Å². The molecule has 2 rings (SSSR count). The molecule has 7 N–H and O–H groups in total. The van der Waals surface area contributed by atoms with Gasteiger partial charge < -0.3 is 30.9 Å². The molecule has 14 nitrogen and oxygen atoms in total. The van der Waals surface area contributed by atoms with Crippen molar-refractivity contribution < 1.29 is 84.7 Å². The van der Waals surface area contributed by atoms with Gasteiger partial charge in [0.15, 0.2) is 17.3 Å². The number of aliphatic carboxylic acids is 4. The number of nitrogens with two attached hydrogens (primary N) is 1. The van der Waals surface area contributed by atoms with E-state index in [-0.39, 0.29) is 59.5 Å². The lowest BCUT2D eigenvalue weighted by atomic mass is 9.89. The van der Waals surface area contributed by atoms with Gasteiger partial charge in [-0.05, 0) is 49.7 Å². The van der Waals surface area contributed by atoms with Gasteiger partial charge in [-0.1, -0.05) is 13.8 Å². The van der Waals surface area contributed by atoms with Gasteiger partial charge in [0.25, 0.3) is 0 Å². The van der Waals surface area contributed by atoms with E-state index in [4.69, 9.17) is 40.8 Å². The molecule has 1 heterocycles. The summed E-state index contributed by atoms with van der Waals surface area (Å²) in [6, 6.07) is 6.16. The Balaban J connectivity index is 0.00000149. The third-order valence-corrected chi connectivity index (χ3v) is 7.19. The minimum absolute atomic E-state index is 0.139. The van der Waals surface area contributed by atoms with Crippen molar-refractivity contribution in [3.63, 3.8) is 0 Å². The first-order valence-electron chi connectivity index (χ1n) is 13.9. The number of likely N-dealkylation sites (N-methyl/N-ethyl adjacent to an activating group) is 1. The Kier molecular flexibility index (Phi) is 17.9. The van der Waals surface area contributed by atoms with Gasteiger partial charge in [-0.15, -0.1) is 11.3 Å². The largest absolute Gasteiger partial charge is 0.490 e. The Morgan fingerprint density at radius 2 is 1.43 bits per heavy atom. The molecule has 0 aliphatic carbocycles. The highest BCUT2D eigenvalue weighted by molar-refractivity contribution is 7.13. The summed E-state index contributed by atoms with van der Waals surface area (Å²) in [5, 5.41) is 39.8. The number of carboxylic acids is 4. The molecule has 51 heavy (non-hydrogen) atoms. The van der Waals surface area contributed by atoms with Crippen molar-refractivity contribution in [1.29, 1.82) is 5.41 Å². The maximum absolute atomic E-state index is 14.2. The number of carbonyl (C=O) groups is 6. The van der Waals surface area contributed by atoms with E-state index in [2.05, 4.69) is 0 Å². The number of benzene rings is 1. The number of hydrogen-bond acceptors (Lipinski definition) is 10. The number of carbonyl (C=O) groups excluding carboxylic acids is 2. The molecule has 0 unspecified atom stereocenters. The molecule has 0 fully saturated rings. The Hall–Kier alpha value is -5.12. The van der Waals surface area contributed by atoms with Crippen LogP contribution >= 0.6 is 11.3 Å². The highest BCUT2D eigenvalue weighted by Gasteiger charge is 2.39. The molecular formula is C29H32F7N3O11S. The first-order valence-corrected chi connectivity index (χ1v) is 14.7. The zero-order chi connectivity index (χ0) is 40.0. The van der Waals surface area contributed by atoms with Crippen LogP contribution in [0.1, 0.15) is 53.2 Å². The third kappa shape index (κ3) is 16.9. The van der Waals surface area contributed by atoms with Crippen molar-refractivity contribution in [3.8, 4) is 5.75 Å². The van der Waals surface area contributed by atoms with Gasteiger partial charge in [0.2, 0.25) is 0 Å². The quantitative estimate of drug-likeness (QED) is 0.0506. The minimum atomic E-state index is -5.08. The summed E-state index contributed by atoms with van der Waals surface area (Å²) in [6.45, 7) is 3.94. The fourth-order valence-corrected chi connectivity index (χ4v) is 4.87. The lowest BCUT2D eigenvalue weighted by Crippen LogP contribution is -2.43. The lowest BCUT2D eigenvalue weighted by Gasteiger charge is -2.30. The van der Waals surface area contributed by atoms with Gasteiger partial charge >= 0.3 is 42.2 Å². The number of alkyl halides is 6. The van der Waals surface area contributed by atoms with Crippen LogP contribution in [0.4, 0.5) is 30.7 Å². The summed E-state index contributed by atoms with van der Waals surface area (Å²) in [5.74, 6) is -11.6. The third-order valence-electron chi connectivity index (χ3n) is 6.14. The summed E-state index contributed by atoms with van der Waals surface area (Å²) >= 11 is 1.11. The van der Waals surface area contributed by atoms with E-state index in [0.717, 1.165) is 22.3 Å². The number of ketones is 1. The summed E-state index contributed by atoms with van der Waals surface area (Å²) in [4.78, 5) is 68.4. The van der Waals surface area contributed by atoms with Gasteiger partial charge in [-0.3, -0.25) is 24.7 Å². The monoisotopic (exact) mass is 763 g/mol. The number of halogens is 7. The van der Waals surface area contributed by atoms with E-state index >= 15 is 0 Å². The van der Waals surface area contributed by atoms with E-state index in [1.165, 1.54) is 18.2 Å². The number of carboxylic acid groups (broad SMARTS) is 4. The number of amidine groups is 1. The van der Waals surface area contributed by atoms with Gasteiger partial charge in [-0.2, -0.15) is 26.3 Å². The zero-order valence-electron chi connectivity index (χ0n) is 26.7. The first-order chi connectivity index (χ1) is 23.2. The Bertz CT molecular complexity index is 1550. The lowest BCUT2D eigenvalue weighted by molar-refractivity contribution is -0.193. The molecule has 0 spiro atoms. The normalized spacial score (nSPS) is 12.4. The van der Waals surface area contributed by atoms with E-state index in [1.807, 2.05) is 13.8 Å². The average molecular weight is 764 g/mol. The molecule has 1 aromatic heterocycles. The van der Waals surface area contributed by atoms with Crippen molar-refractivity contribution in [1.82, 2.24) is 4.90 Å². The standard InChI is InChI=1S/C25H30FN3O7S.2C2HF3O2/c1-13(2)22(18(30)11-15(24(33)34)5-9-21(31)32)29(3)12-16-6-8-20(37-16)25(35)36-19-7-4-14(23(27)28)10-17(19)26;2*3-2(4,5)1(6)7/h4,6-8,10,13,15,22H,5,9,11-12H2,1-3H3,(H3,27,28)(H,31,32)(H,33,34);2*(H,6,7)/t15-,22+;;/m1../s1. The van der Waals surface area contributed by atoms with E-state index in [1.54, 1.807) is 18.0 Å². The van der Waals surface area contributed by atoms with E-state index in [9.17, 15) is 55.0 Å². The van der Waals surface area contributed by atoms with Crippen LogP contribution in [-0.2, 0) is 30.5 Å². The van der Waals surface area contributed by atoms with E-state index < -0.39 is 60.0 Å². The fraction of sp³-hybridized carbons (Fsp3) is 0.414. The van der Waals surface area contributed by atoms with Crippen LogP contribution in [0.25, 0.3) is 0 Å². The topological polar surface area (TPSA) is 246 Å². The molecule has 22 heteroatoms. The molecule has 0 aliphatic heterocycles. The summed E-state index contributed by atoms with van der Waals surface area (Å²) in [7, 11) is 1.71. The molecule has 0 amide bonds. The number of nitrogens with zero attached hydrogens (tertiary/aromatic N) is 1. The Morgan fingerprint density at radius 1 is 0.922 bits per heavy atom. The van der Waals surface area contributed by atoms with Crippen LogP contribution in [0.3, 0.4) is 0 Å². The highest BCUT2D eigenvalue weighted by Crippen LogP contribution is 2.26. The summed E-state index contributed by atoms with van der Waals surface area (Å²) < 4.78 is 82.8. The number of rotatable bonds is 14. The predicted octanol–water partition coefficient (Wildman–Crippen LogP) is 4.64. The molecule has 0 aliphatic rings. The van der Waals surface area contributed by atoms with Gasteiger partial charge in [0.05, 0.1) is 12.0 Å². The van der Waals surface area contributed by atoms with Crippen LogP contribution in [0.2, 0.25) is 0 Å². The second kappa shape index (κ2) is 19.9. The summed E-state index contributed by atoms with van der Waals surface area (Å²) in [5.41, 5.74) is 5.48. The molecule has 2 aromatic rings. The fourth-order valence-electron chi connectivity index (χ4n) is 3.92. The van der Waals surface area contributed by atoms with Gasteiger partial charge in [0.1, 0.15) is 10.7 Å². The van der Waals surface area contributed by atoms with Crippen molar-refractivity contribution in [2.24, 2.45) is 17.6 Å². The van der Waals surface area contributed by atoms with Crippen LogP contribution in [-0.4, -0.2) is 92.2 Å². The molecule has 0 saturated carbocycles. The first kappa shape index (κ1) is 45.9. The smallest absolute Gasteiger partial charge is 0.481 e. The van der Waals surface area contributed by atoms with Crippen LogP contribution in [0.15, 0.2) is 30.3 Å². The van der Waals surface area contributed by atoms with Crippen molar-refractivity contribution in [2.45, 2.75) is 58.0 Å². The van der Waals surface area contributed by atoms with E-state index in [0.29, 0.717) is 0 Å². The molecule has 2 atom stereocenters. The molecule has 1 aromatic carbocycles. The molecule has 0 saturated heterocycles. The zero-order valence-corrected chi connectivity index (χ0v) is 27.5. The average Bonchev–Trinajstić information content (AvgIpc) is 3.44. The number of thiophene rings is 1. The van der Waals surface area contributed by atoms with Gasteiger partial charge in [-0.25, -0.2) is 18.8 Å². The Labute approximate surface area is 287 Å². The Morgan fingerprint density at radius 3 is 1.82 bits per heavy atom. The van der Waals surface area contributed by atoms with Crippen LogP contribution in [0.5, 0.6) is 5.75 Å². The van der Waals surface area contributed by atoms with Crippen molar-refractivity contribution >= 4 is 52.8 Å². The number of nitrogen functional groups attached to an aromatic ring is 1. The second-order valence-electron chi connectivity index (χ2n) is 10.6. The number of Topliss-reactive ketones (excluding diaryl/α,β-unsaturated/α-hetero) is 1. The second-order valence-corrected chi connectivity index (χ2v) is 11.7. The van der Waals surface area contributed by atoms with Crippen LogP contribution < -0.4 is 10.5 Å². The predicted molar refractivity (Wildman–Crippen MR) is 162 cm³/mol. The highest BCUT2D eigenvalue weighted by atomic mass is 32.1. The maximum atomic E-state index is 14.2. The molecule has 0 radical (unpaired) electrons.